The highest BCUT2D eigenvalue weighted by molar-refractivity contribution is 7.71. The monoisotopic (exact) mass is 216 g/mol. The van der Waals surface area contributed by atoms with Crippen LogP contribution in [0.2, 0.25) is 0 Å². The summed E-state index contributed by atoms with van der Waals surface area (Å²) >= 11 is 4.98. The van der Waals surface area contributed by atoms with Gasteiger partial charge in [0.05, 0.1) is 11.8 Å². The number of carbonyl (C=O) groups excluding carboxylic acids is 1. The Morgan fingerprint density at radius 1 is 1.71 bits per heavy atom. The van der Waals surface area contributed by atoms with Crippen LogP contribution in [0.4, 0.5) is 4.79 Å². The minimum Gasteiger partial charge on any atom is -0.335 e. The van der Waals surface area contributed by atoms with E-state index in [1.54, 1.807) is 4.68 Å². The molecule has 1 rings (SSSR count). The molecule has 3 N–H and O–H groups in total. The topological polar surface area (TPSA) is 80.6 Å². The first-order valence-corrected chi connectivity index (χ1v) is 4.95. The van der Waals surface area contributed by atoms with Crippen molar-refractivity contribution < 1.29 is 9.48 Å². The lowest BCUT2D eigenvalue weighted by atomic mass is 10.2. The van der Waals surface area contributed by atoms with Gasteiger partial charge in [-0.15, -0.1) is 4.68 Å². The third-order valence-corrected chi connectivity index (χ3v) is 2.26. The van der Waals surface area contributed by atoms with E-state index < -0.39 is 6.03 Å². The Morgan fingerprint density at radius 2 is 2.43 bits per heavy atom. The van der Waals surface area contributed by atoms with Gasteiger partial charge in [-0.1, -0.05) is 25.0 Å². The molecule has 78 valence electrons. The van der Waals surface area contributed by atoms with Crippen LogP contribution in [0.5, 0.6) is 0 Å². The summed E-state index contributed by atoms with van der Waals surface area (Å²) in [6.07, 6.45) is 3.24. The molecule has 14 heavy (non-hydrogen) atoms. The highest BCUT2D eigenvalue weighted by atomic mass is 32.1. The lowest BCUT2D eigenvalue weighted by Crippen LogP contribution is -2.38. The van der Waals surface area contributed by atoms with Crippen molar-refractivity contribution in [2.24, 2.45) is 5.73 Å². The summed E-state index contributed by atoms with van der Waals surface area (Å²) in [4.78, 5) is 10.8. The molecule has 1 heterocycles. The van der Waals surface area contributed by atoms with Crippen molar-refractivity contribution in [3.05, 3.63) is 4.77 Å². The zero-order valence-corrected chi connectivity index (χ0v) is 8.88. The zero-order chi connectivity index (χ0) is 10.6. The Bertz CT molecular complexity index is 368. The van der Waals surface area contributed by atoms with Gasteiger partial charge in [0.25, 0.3) is 0 Å². The van der Waals surface area contributed by atoms with E-state index in [0.717, 1.165) is 23.9 Å². The quantitative estimate of drug-likeness (QED) is 0.330. The maximum atomic E-state index is 10.8. The molecule has 0 aromatic carbocycles. The molecule has 0 aliphatic carbocycles. The van der Waals surface area contributed by atoms with Gasteiger partial charge in [0.15, 0.2) is 0 Å². The average Bonchev–Trinajstić information content (AvgIpc) is 2.48. The molecule has 0 saturated heterocycles. The fourth-order valence-corrected chi connectivity index (χ4v) is 1.36. The Hall–Kier alpha value is -1.24. The molecule has 0 saturated carbocycles. The standard InChI is InChI=1S/C7H13N5OS/c1-2-3-4-5-11-7(14)12(6(8)13)10-9-11/h2-5H2,1H3,(H2,8,13)/p+1. The third kappa shape index (κ3) is 2.38. The summed E-state index contributed by atoms with van der Waals surface area (Å²) < 4.78 is 2.92. The van der Waals surface area contributed by atoms with E-state index >= 15 is 0 Å². The summed E-state index contributed by atoms with van der Waals surface area (Å²) in [7, 11) is 0. The largest absolute Gasteiger partial charge is 0.413 e. The molecule has 1 aromatic rings. The second-order valence-corrected chi connectivity index (χ2v) is 3.35. The number of nitrogens with two attached hydrogens (primary N) is 1. The summed E-state index contributed by atoms with van der Waals surface area (Å²) in [6, 6.07) is -0.642. The summed E-state index contributed by atoms with van der Waals surface area (Å²) in [5.41, 5.74) is 5.06. The Labute approximate surface area is 86.7 Å². The number of hydrogen-bond donors (Lipinski definition) is 2. The van der Waals surface area contributed by atoms with E-state index in [4.69, 9.17) is 18.0 Å². The maximum Gasteiger partial charge on any atom is 0.413 e. The number of aryl methyl sites for hydroxylation is 1. The van der Waals surface area contributed by atoms with Crippen molar-refractivity contribution in [1.29, 1.82) is 0 Å². The van der Waals surface area contributed by atoms with Crippen molar-refractivity contribution in [1.82, 2.24) is 15.1 Å². The van der Waals surface area contributed by atoms with Gasteiger partial charge in [-0.05, 0) is 11.1 Å². The first-order valence-electron chi connectivity index (χ1n) is 4.54. The second kappa shape index (κ2) is 4.85. The molecule has 0 spiro atoms. The van der Waals surface area contributed by atoms with Crippen molar-refractivity contribution in [2.75, 3.05) is 0 Å². The molecule has 6 nitrogen and oxygen atoms in total. The molecule has 0 aliphatic heterocycles. The molecular weight excluding hydrogens is 202 g/mol. The number of amides is 1. The Balaban J connectivity index is 2.70. The lowest BCUT2D eigenvalue weighted by molar-refractivity contribution is -0.760. The predicted octanol–water partition coefficient (Wildman–Crippen LogP) is 0.345. The van der Waals surface area contributed by atoms with Gasteiger partial charge in [-0.25, -0.2) is 4.79 Å². The van der Waals surface area contributed by atoms with Crippen LogP contribution in [0.25, 0.3) is 0 Å². The summed E-state index contributed by atoms with van der Waals surface area (Å²) in [6.45, 7) is 2.83. The Morgan fingerprint density at radius 3 is 2.93 bits per heavy atom. The first kappa shape index (κ1) is 10.8. The van der Waals surface area contributed by atoms with E-state index in [0.29, 0.717) is 11.3 Å². The number of carbonyl (C=O) groups is 1. The van der Waals surface area contributed by atoms with Crippen LogP contribution in [0.3, 0.4) is 0 Å². The van der Waals surface area contributed by atoms with E-state index in [9.17, 15) is 4.79 Å². The minimum atomic E-state index is -0.642. The van der Waals surface area contributed by atoms with Crippen molar-refractivity contribution in [3.8, 4) is 0 Å². The van der Waals surface area contributed by atoms with E-state index in [-0.39, 0.29) is 0 Å². The fraction of sp³-hybridized carbons (Fsp3) is 0.714. The number of nitrogens with zero attached hydrogens (tertiary/aromatic N) is 3. The van der Waals surface area contributed by atoms with E-state index in [2.05, 4.69) is 17.4 Å². The molecule has 7 heteroatoms. The van der Waals surface area contributed by atoms with Gasteiger partial charge < -0.3 is 5.73 Å². The van der Waals surface area contributed by atoms with Crippen LogP contribution in [-0.4, -0.2) is 21.1 Å². The summed E-state index contributed by atoms with van der Waals surface area (Å²) in [5, 5.41) is 6.31. The maximum absolute atomic E-state index is 10.8. The molecule has 1 aromatic heterocycles. The molecule has 0 atom stereocenters. The zero-order valence-electron chi connectivity index (χ0n) is 8.06. The highest BCUT2D eigenvalue weighted by Gasteiger charge is 2.14. The van der Waals surface area contributed by atoms with Crippen LogP contribution in [0, 0.1) is 4.77 Å². The van der Waals surface area contributed by atoms with Gasteiger partial charge >= 0.3 is 10.8 Å². The van der Waals surface area contributed by atoms with Gasteiger partial charge in [0.1, 0.15) is 0 Å². The number of rotatable bonds is 4. The molecule has 0 aliphatic rings. The molecule has 0 radical (unpaired) electrons. The number of aromatic amines is 1. The Kier molecular flexibility index (Phi) is 3.75. The van der Waals surface area contributed by atoms with Gasteiger partial charge in [-0.2, -0.15) is 0 Å². The van der Waals surface area contributed by atoms with E-state index in [1.807, 2.05) is 0 Å². The van der Waals surface area contributed by atoms with Crippen LogP contribution >= 0.6 is 12.2 Å². The number of hydrogen-bond acceptors (Lipinski definition) is 3. The van der Waals surface area contributed by atoms with Gasteiger partial charge in [-0.3, -0.25) is 0 Å². The van der Waals surface area contributed by atoms with Crippen molar-refractivity contribution >= 4 is 18.2 Å². The van der Waals surface area contributed by atoms with Crippen molar-refractivity contribution in [2.45, 2.75) is 32.7 Å². The normalized spacial score (nSPS) is 10.4. The number of primary amides is 1. The molecular formula is C7H14N5OS+. The van der Waals surface area contributed by atoms with Crippen molar-refractivity contribution in [3.63, 3.8) is 0 Å². The molecule has 0 bridgehead atoms. The number of tetrazole rings is 1. The predicted molar refractivity (Wildman–Crippen MR) is 52.1 cm³/mol. The van der Waals surface area contributed by atoms with Crippen LogP contribution < -0.4 is 10.4 Å². The SMILES string of the molecule is CCCCC[n+]1n[nH]n(C(N)=O)c1=S. The van der Waals surface area contributed by atoms with Crippen LogP contribution in [-0.2, 0) is 6.54 Å². The lowest BCUT2D eigenvalue weighted by Gasteiger charge is -1.92. The highest BCUT2D eigenvalue weighted by Crippen LogP contribution is 1.92. The number of aromatic nitrogens is 4. The van der Waals surface area contributed by atoms with Gasteiger partial charge in [0, 0.05) is 12.2 Å². The third-order valence-electron chi connectivity index (χ3n) is 1.87. The minimum absolute atomic E-state index is 0.314. The molecule has 0 unspecified atom stereocenters. The summed E-state index contributed by atoms with van der Waals surface area (Å²) in [5.74, 6) is 0. The number of H-pyrrole nitrogens is 1. The molecule has 1 amide bonds. The number of unbranched alkanes of at least 4 members (excludes halogenated alkanes) is 2. The second-order valence-electron chi connectivity index (χ2n) is 2.99. The number of nitrogens with one attached hydrogen (secondary N) is 1. The van der Waals surface area contributed by atoms with E-state index in [1.165, 1.54) is 0 Å². The fourth-order valence-electron chi connectivity index (χ4n) is 1.10. The van der Waals surface area contributed by atoms with Gasteiger partial charge in [0.2, 0.25) is 0 Å². The molecule has 0 fully saturated rings. The first-order chi connectivity index (χ1) is 6.66. The smallest absolute Gasteiger partial charge is 0.335 e. The van der Waals surface area contributed by atoms with Crippen LogP contribution in [0.15, 0.2) is 0 Å². The average molecular weight is 216 g/mol. The van der Waals surface area contributed by atoms with Crippen LogP contribution in [0.1, 0.15) is 26.2 Å².